The first-order valence-electron chi connectivity index (χ1n) is 26.9. The highest BCUT2D eigenvalue weighted by Gasteiger charge is 2.27. The normalized spacial score (nSPS) is 13.8. The van der Waals surface area contributed by atoms with Gasteiger partial charge in [-0.2, -0.15) is 0 Å². The fourth-order valence-electron chi connectivity index (χ4n) is 7.81. The molecule has 3 unspecified atom stereocenters. The van der Waals surface area contributed by atoms with Crippen LogP contribution in [0.2, 0.25) is 0 Å². The second-order valence-corrected chi connectivity index (χ2v) is 19.8. The van der Waals surface area contributed by atoms with E-state index in [1.165, 1.54) is 186 Å². The standard InChI is InChI=1S/C53H102NO9P/c1-3-5-7-9-11-13-15-17-19-21-23-25-27-29-31-33-35-37-39-41-43-45-52(55)63-50(48-61-64(58,59)62-49-51(54)53(56)57)47-60-46-44-42-40-38-36-34-32-30-28-26-24-22-20-18-16-14-12-10-8-6-4-2/h15,17,21,23,50-51H,3-14,16,18-20,22,24-49,54H2,1-2H3,(H,56,57)(H,58,59)/b17-15-,23-21-. The van der Waals surface area contributed by atoms with E-state index in [2.05, 4.69) is 38.2 Å². The van der Waals surface area contributed by atoms with E-state index < -0.39 is 45.1 Å². The van der Waals surface area contributed by atoms with Crippen molar-refractivity contribution >= 4 is 19.8 Å². The molecule has 3 atom stereocenters. The zero-order valence-electron chi connectivity index (χ0n) is 41.6. The molecule has 0 radical (unpaired) electrons. The maximum absolute atomic E-state index is 12.7. The van der Waals surface area contributed by atoms with Crippen LogP contribution in [-0.2, 0) is 32.7 Å². The summed E-state index contributed by atoms with van der Waals surface area (Å²) in [6.45, 7) is 3.93. The largest absolute Gasteiger partial charge is 0.480 e. The van der Waals surface area contributed by atoms with Gasteiger partial charge in [0.2, 0.25) is 0 Å². The number of carbonyl (C=O) groups excluding carboxylic acids is 1. The fourth-order valence-corrected chi connectivity index (χ4v) is 8.59. The molecule has 0 rings (SSSR count). The molecule has 10 nitrogen and oxygen atoms in total. The summed E-state index contributed by atoms with van der Waals surface area (Å²) in [7, 11) is -4.62. The smallest absolute Gasteiger partial charge is 0.472 e. The zero-order chi connectivity index (χ0) is 46.9. The highest BCUT2D eigenvalue weighted by atomic mass is 31.2. The molecular formula is C53H102NO9P. The van der Waals surface area contributed by atoms with Crippen molar-refractivity contribution in [2.75, 3.05) is 26.4 Å². The monoisotopic (exact) mass is 928 g/mol. The minimum absolute atomic E-state index is 0.0204. The number of ether oxygens (including phenoxy) is 2. The molecule has 0 aromatic carbocycles. The van der Waals surface area contributed by atoms with Crippen LogP contribution in [0.15, 0.2) is 24.3 Å². The molecule has 11 heteroatoms. The summed E-state index contributed by atoms with van der Waals surface area (Å²) in [5.41, 5.74) is 5.38. The van der Waals surface area contributed by atoms with Gasteiger partial charge in [-0.05, 0) is 44.9 Å². The Hall–Kier alpha value is -1.55. The van der Waals surface area contributed by atoms with Gasteiger partial charge in [-0.25, -0.2) is 4.57 Å². The number of phosphoric ester groups is 1. The summed E-state index contributed by atoms with van der Waals surface area (Å²) in [6.07, 6.45) is 56.6. The van der Waals surface area contributed by atoms with E-state index in [-0.39, 0.29) is 13.0 Å². The van der Waals surface area contributed by atoms with E-state index in [9.17, 15) is 19.0 Å². The summed E-state index contributed by atoms with van der Waals surface area (Å²) in [6, 6.07) is -1.47. The maximum atomic E-state index is 12.7. The van der Waals surface area contributed by atoms with Gasteiger partial charge in [0, 0.05) is 13.0 Å². The number of hydrogen-bond acceptors (Lipinski definition) is 8. The number of esters is 1. The first kappa shape index (κ1) is 62.4. The Morgan fingerprint density at radius 1 is 0.500 bits per heavy atom. The zero-order valence-corrected chi connectivity index (χ0v) is 42.5. The van der Waals surface area contributed by atoms with Crippen molar-refractivity contribution in [3.05, 3.63) is 24.3 Å². The van der Waals surface area contributed by atoms with Crippen molar-refractivity contribution in [3.8, 4) is 0 Å². The maximum Gasteiger partial charge on any atom is 0.472 e. The van der Waals surface area contributed by atoms with Crippen molar-refractivity contribution < 1.29 is 42.7 Å². The Bertz CT molecular complexity index is 1120. The lowest BCUT2D eigenvalue weighted by atomic mass is 10.0. The van der Waals surface area contributed by atoms with E-state index in [0.29, 0.717) is 13.0 Å². The molecule has 0 saturated carbocycles. The van der Waals surface area contributed by atoms with Crippen LogP contribution in [-0.4, -0.2) is 60.5 Å². The summed E-state index contributed by atoms with van der Waals surface area (Å²) in [5.74, 6) is -1.77. The van der Waals surface area contributed by atoms with Gasteiger partial charge in [0.1, 0.15) is 12.1 Å². The minimum atomic E-state index is -4.62. The van der Waals surface area contributed by atoms with Crippen LogP contribution in [0.3, 0.4) is 0 Å². The second kappa shape index (κ2) is 49.4. The number of aliphatic carboxylic acids is 1. The quantitative estimate of drug-likeness (QED) is 0.0232. The molecule has 0 fully saturated rings. The summed E-state index contributed by atoms with van der Waals surface area (Å²) >= 11 is 0. The first-order chi connectivity index (χ1) is 31.2. The molecule has 0 aromatic rings. The Morgan fingerprint density at radius 2 is 0.859 bits per heavy atom. The average molecular weight is 928 g/mol. The number of unbranched alkanes of at least 4 members (excludes halogenated alkanes) is 34. The van der Waals surface area contributed by atoms with Gasteiger partial charge in [0.05, 0.1) is 19.8 Å². The summed E-state index contributed by atoms with van der Waals surface area (Å²) < 4.78 is 33.6. The molecule has 0 aromatic heterocycles. The first-order valence-corrected chi connectivity index (χ1v) is 28.4. The molecule has 0 heterocycles. The van der Waals surface area contributed by atoms with Crippen molar-refractivity contribution in [3.63, 3.8) is 0 Å². The number of carboxylic acids is 1. The lowest BCUT2D eigenvalue weighted by molar-refractivity contribution is -0.154. The Balaban J connectivity index is 4.09. The van der Waals surface area contributed by atoms with Crippen LogP contribution in [0.5, 0.6) is 0 Å². The Kier molecular flexibility index (Phi) is 48.2. The summed E-state index contributed by atoms with van der Waals surface area (Å²) in [4.78, 5) is 33.7. The molecule has 0 spiro atoms. The SMILES string of the molecule is CCCCCCC/C=C\C/C=C\CCCCCCCCCCCC(=O)OC(COCCCCCCCCCCCCCCCCCCCCCCC)COP(=O)(O)OCC(N)C(=O)O. The van der Waals surface area contributed by atoms with Gasteiger partial charge in [0.15, 0.2) is 0 Å². The average Bonchev–Trinajstić information content (AvgIpc) is 3.28. The van der Waals surface area contributed by atoms with Gasteiger partial charge < -0.3 is 25.2 Å². The predicted octanol–water partition coefficient (Wildman–Crippen LogP) is 15.8. The van der Waals surface area contributed by atoms with Crippen molar-refractivity contribution in [2.24, 2.45) is 5.73 Å². The molecule has 0 amide bonds. The van der Waals surface area contributed by atoms with Crippen LogP contribution < -0.4 is 5.73 Å². The van der Waals surface area contributed by atoms with Crippen LogP contribution in [0.4, 0.5) is 0 Å². The van der Waals surface area contributed by atoms with Gasteiger partial charge in [-0.1, -0.05) is 237 Å². The molecule has 0 aliphatic carbocycles. The number of hydrogen-bond donors (Lipinski definition) is 3. The third kappa shape index (κ3) is 48.4. The predicted molar refractivity (Wildman–Crippen MR) is 268 cm³/mol. The van der Waals surface area contributed by atoms with E-state index >= 15 is 0 Å². The molecular weight excluding hydrogens is 826 g/mol. The molecule has 0 bridgehead atoms. The highest BCUT2D eigenvalue weighted by molar-refractivity contribution is 7.47. The van der Waals surface area contributed by atoms with Crippen molar-refractivity contribution in [1.82, 2.24) is 0 Å². The van der Waals surface area contributed by atoms with Crippen molar-refractivity contribution in [1.29, 1.82) is 0 Å². The Morgan fingerprint density at radius 3 is 1.27 bits per heavy atom. The highest BCUT2D eigenvalue weighted by Crippen LogP contribution is 2.43. The van der Waals surface area contributed by atoms with E-state index in [0.717, 1.165) is 51.4 Å². The molecule has 4 N–H and O–H groups in total. The molecule has 0 aliphatic rings. The van der Waals surface area contributed by atoms with E-state index in [1.807, 2.05) is 0 Å². The number of carboxylic acid groups (broad SMARTS) is 1. The molecule has 0 saturated heterocycles. The topological polar surface area (TPSA) is 155 Å². The fraction of sp³-hybridized carbons (Fsp3) is 0.887. The second-order valence-electron chi connectivity index (χ2n) is 18.4. The lowest BCUT2D eigenvalue weighted by Gasteiger charge is -2.20. The molecule has 0 aliphatic heterocycles. The third-order valence-corrected chi connectivity index (χ3v) is 12.9. The van der Waals surface area contributed by atoms with E-state index in [1.54, 1.807) is 0 Å². The van der Waals surface area contributed by atoms with Gasteiger partial charge in [-0.15, -0.1) is 0 Å². The third-order valence-electron chi connectivity index (χ3n) is 12.0. The van der Waals surface area contributed by atoms with Crippen molar-refractivity contribution in [2.45, 2.75) is 276 Å². The lowest BCUT2D eigenvalue weighted by Crippen LogP contribution is -2.34. The number of carbonyl (C=O) groups is 2. The van der Waals surface area contributed by atoms with Crippen LogP contribution in [0.1, 0.15) is 264 Å². The molecule has 378 valence electrons. The van der Waals surface area contributed by atoms with Gasteiger partial charge in [-0.3, -0.25) is 18.6 Å². The van der Waals surface area contributed by atoms with Gasteiger partial charge in [0.25, 0.3) is 0 Å². The van der Waals surface area contributed by atoms with Crippen LogP contribution in [0.25, 0.3) is 0 Å². The number of allylic oxidation sites excluding steroid dienone is 4. The molecule has 64 heavy (non-hydrogen) atoms. The van der Waals surface area contributed by atoms with Crippen LogP contribution >= 0.6 is 7.82 Å². The Labute approximate surface area is 394 Å². The minimum Gasteiger partial charge on any atom is -0.480 e. The summed E-state index contributed by atoms with van der Waals surface area (Å²) in [5, 5.41) is 8.94. The van der Waals surface area contributed by atoms with Crippen LogP contribution in [0, 0.1) is 0 Å². The number of phosphoric acid groups is 1. The number of nitrogens with two attached hydrogens (primary N) is 1. The van der Waals surface area contributed by atoms with Gasteiger partial charge >= 0.3 is 19.8 Å². The van der Waals surface area contributed by atoms with E-state index in [4.69, 9.17) is 29.4 Å². The number of rotatable bonds is 52.